The number of nitrogens with zero attached hydrogens (tertiary/aromatic N) is 1. The van der Waals surface area contributed by atoms with Crippen LogP contribution < -0.4 is 4.72 Å². The summed E-state index contributed by atoms with van der Waals surface area (Å²) < 4.78 is 27.4. The van der Waals surface area contributed by atoms with E-state index in [-0.39, 0.29) is 11.1 Å². The van der Waals surface area contributed by atoms with Crippen molar-refractivity contribution in [3.63, 3.8) is 0 Å². The van der Waals surface area contributed by atoms with Crippen molar-refractivity contribution in [1.29, 1.82) is 0 Å². The number of aromatic nitrogens is 2. The first-order valence-electron chi connectivity index (χ1n) is 5.26. The fraction of sp³-hybridized carbons (Fsp3) is 0.182. The van der Waals surface area contributed by atoms with Crippen LogP contribution in [0.5, 0.6) is 0 Å². The van der Waals surface area contributed by atoms with Crippen molar-refractivity contribution < 1.29 is 8.42 Å². The van der Waals surface area contributed by atoms with Gasteiger partial charge >= 0.3 is 0 Å². The monoisotopic (exact) mass is 329 g/mol. The number of nitrogens with one attached hydrogen (secondary N) is 2. The van der Waals surface area contributed by atoms with Crippen LogP contribution in [0, 0.1) is 0 Å². The minimum absolute atomic E-state index is 0.0615. The predicted molar refractivity (Wildman–Crippen MR) is 71.5 cm³/mol. The highest BCUT2D eigenvalue weighted by Gasteiger charge is 2.19. The smallest absolute Gasteiger partial charge is 0.258 e. The average molecular weight is 330 g/mol. The van der Waals surface area contributed by atoms with E-state index in [9.17, 15) is 8.42 Å². The van der Waals surface area contributed by atoms with Gasteiger partial charge in [0.15, 0.2) is 5.03 Å². The van der Waals surface area contributed by atoms with Gasteiger partial charge in [-0.2, -0.15) is 5.10 Å². The third-order valence-electron chi connectivity index (χ3n) is 2.47. The molecule has 2 N–H and O–H groups in total. The van der Waals surface area contributed by atoms with Gasteiger partial charge in [-0.25, -0.2) is 13.1 Å². The fourth-order valence-electron chi connectivity index (χ4n) is 1.51. The summed E-state index contributed by atoms with van der Waals surface area (Å²) >= 11 is 3.34. The minimum atomic E-state index is -3.55. The molecule has 0 saturated heterocycles. The molecule has 0 spiro atoms. The van der Waals surface area contributed by atoms with Crippen LogP contribution in [0.25, 0.3) is 0 Å². The van der Waals surface area contributed by atoms with Crippen LogP contribution in [0.4, 0.5) is 0 Å². The summed E-state index contributed by atoms with van der Waals surface area (Å²) in [6, 6.07) is 8.57. The quantitative estimate of drug-likeness (QED) is 0.903. The van der Waals surface area contributed by atoms with Gasteiger partial charge in [0, 0.05) is 10.5 Å². The van der Waals surface area contributed by atoms with E-state index in [0.717, 1.165) is 10.0 Å². The molecule has 2 aromatic rings. The molecule has 0 radical (unpaired) electrons. The maximum absolute atomic E-state index is 12.0. The van der Waals surface area contributed by atoms with Crippen molar-refractivity contribution in [3.05, 3.63) is 46.6 Å². The largest absolute Gasteiger partial charge is 0.266 e. The van der Waals surface area contributed by atoms with E-state index in [0.29, 0.717) is 0 Å². The Labute approximate surface area is 114 Å². The molecule has 0 amide bonds. The zero-order valence-electron chi connectivity index (χ0n) is 9.59. The van der Waals surface area contributed by atoms with E-state index < -0.39 is 10.0 Å². The number of halogens is 1. The number of sulfonamides is 1. The van der Waals surface area contributed by atoms with Crippen LogP contribution in [0.3, 0.4) is 0 Å². The van der Waals surface area contributed by atoms with E-state index >= 15 is 0 Å². The van der Waals surface area contributed by atoms with Crippen molar-refractivity contribution in [2.45, 2.75) is 18.0 Å². The third kappa shape index (κ3) is 2.98. The lowest BCUT2D eigenvalue weighted by molar-refractivity contribution is 0.562. The Morgan fingerprint density at radius 2 is 1.94 bits per heavy atom. The van der Waals surface area contributed by atoms with Crippen LogP contribution in [0.2, 0.25) is 0 Å². The van der Waals surface area contributed by atoms with Gasteiger partial charge in [-0.05, 0) is 30.7 Å². The van der Waals surface area contributed by atoms with Gasteiger partial charge in [-0.15, -0.1) is 0 Å². The summed E-state index contributed by atoms with van der Waals surface area (Å²) in [5.74, 6) is 0. The molecular formula is C11H12BrN3O2S. The van der Waals surface area contributed by atoms with Gasteiger partial charge in [-0.1, -0.05) is 28.1 Å². The molecule has 1 aromatic heterocycles. The first-order chi connectivity index (χ1) is 8.49. The molecular weight excluding hydrogens is 318 g/mol. The molecule has 18 heavy (non-hydrogen) atoms. The molecule has 0 aliphatic heterocycles. The Bertz CT molecular complexity index is 608. The first-order valence-corrected chi connectivity index (χ1v) is 7.54. The Balaban J connectivity index is 2.17. The van der Waals surface area contributed by atoms with Crippen LogP contribution in [-0.4, -0.2) is 18.6 Å². The second-order valence-corrected chi connectivity index (χ2v) is 6.41. The lowest BCUT2D eigenvalue weighted by Crippen LogP contribution is -2.27. The Hall–Kier alpha value is -1.18. The molecule has 1 aromatic carbocycles. The molecule has 1 atom stereocenters. The van der Waals surface area contributed by atoms with Crippen LogP contribution in [0.1, 0.15) is 18.5 Å². The molecule has 0 aliphatic carbocycles. The highest BCUT2D eigenvalue weighted by Crippen LogP contribution is 2.18. The molecule has 0 fully saturated rings. The molecule has 1 heterocycles. The molecule has 5 nitrogen and oxygen atoms in total. The van der Waals surface area contributed by atoms with Crippen molar-refractivity contribution in [1.82, 2.24) is 14.9 Å². The first kappa shape index (κ1) is 13.3. The Morgan fingerprint density at radius 1 is 1.28 bits per heavy atom. The van der Waals surface area contributed by atoms with Gasteiger partial charge < -0.3 is 0 Å². The molecule has 96 valence electrons. The number of H-pyrrole nitrogens is 1. The van der Waals surface area contributed by atoms with Gasteiger partial charge in [0.1, 0.15) is 0 Å². The van der Waals surface area contributed by atoms with Crippen molar-refractivity contribution in [2.24, 2.45) is 0 Å². The van der Waals surface area contributed by atoms with Gasteiger partial charge in [0.2, 0.25) is 0 Å². The SMILES string of the molecule is CC(NS(=O)(=O)c1ccn[nH]1)c1ccc(Br)cc1. The number of benzene rings is 1. The van der Waals surface area contributed by atoms with Crippen LogP contribution in [0.15, 0.2) is 46.0 Å². The summed E-state index contributed by atoms with van der Waals surface area (Å²) in [7, 11) is -3.55. The van der Waals surface area contributed by atoms with E-state index in [2.05, 4.69) is 30.8 Å². The highest BCUT2D eigenvalue weighted by molar-refractivity contribution is 9.10. The summed E-state index contributed by atoms with van der Waals surface area (Å²) in [6.07, 6.45) is 1.40. The molecule has 0 bridgehead atoms. The number of hydrogen-bond donors (Lipinski definition) is 2. The zero-order chi connectivity index (χ0) is 13.2. The van der Waals surface area contributed by atoms with Crippen LogP contribution in [-0.2, 0) is 10.0 Å². The topological polar surface area (TPSA) is 74.8 Å². The fourth-order valence-corrected chi connectivity index (χ4v) is 2.91. The Morgan fingerprint density at radius 3 is 2.50 bits per heavy atom. The van der Waals surface area contributed by atoms with E-state index in [1.807, 2.05) is 24.3 Å². The maximum atomic E-state index is 12.0. The molecule has 0 saturated carbocycles. The second kappa shape index (κ2) is 5.21. The van der Waals surface area contributed by atoms with Crippen molar-refractivity contribution in [3.8, 4) is 0 Å². The molecule has 0 aliphatic rings. The highest BCUT2D eigenvalue weighted by atomic mass is 79.9. The summed E-state index contributed by atoms with van der Waals surface area (Å²) in [5.41, 5.74) is 0.890. The summed E-state index contributed by atoms with van der Waals surface area (Å²) in [5, 5.41) is 6.13. The van der Waals surface area contributed by atoms with E-state index in [1.165, 1.54) is 12.3 Å². The maximum Gasteiger partial charge on any atom is 0.258 e. The standard InChI is InChI=1S/C11H12BrN3O2S/c1-8(9-2-4-10(12)5-3-9)15-18(16,17)11-6-7-13-14-11/h2-8,15H,1H3,(H,13,14). The average Bonchev–Trinajstić information content (AvgIpc) is 2.83. The van der Waals surface area contributed by atoms with E-state index in [4.69, 9.17) is 0 Å². The minimum Gasteiger partial charge on any atom is -0.266 e. The van der Waals surface area contributed by atoms with Gasteiger partial charge in [-0.3, -0.25) is 5.10 Å². The molecule has 2 rings (SSSR count). The number of rotatable bonds is 4. The lowest BCUT2D eigenvalue weighted by atomic mass is 10.1. The zero-order valence-corrected chi connectivity index (χ0v) is 12.0. The van der Waals surface area contributed by atoms with Crippen molar-refractivity contribution >= 4 is 26.0 Å². The van der Waals surface area contributed by atoms with Gasteiger partial charge in [0.25, 0.3) is 10.0 Å². The lowest BCUT2D eigenvalue weighted by Gasteiger charge is -2.13. The molecule has 1 unspecified atom stereocenters. The predicted octanol–water partition coefficient (Wildman–Crippen LogP) is 2.21. The van der Waals surface area contributed by atoms with Crippen LogP contribution >= 0.6 is 15.9 Å². The normalized spacial score (nSPS) is 13.4. The number of aromatic amines is 1. The summed E-state index contributed by atoms with van der Waals surface area (Å²) in [4.78, 5) is 0. The summed E-state index contributed by atoms with van der Waals surface area (Å²) in [6.45, 7) is 1.79. The Kier molecular flexibility index (Phi) is 3.84. The molecule has 7 heteroatoms. The number of hydrogen-bond acceptors (Lipinski definition) is 3. The van der Waals surface area contributed by atoms with E-state index in [1.54, 1.807) is 6.92 Å². The van der Waals surface area contributed by atoms with Gasteiger partial charge in [0.05, 0.1) is 6.20 Å². The third-order valence-corrected chi connectivity index (χ3v) is 4.47. The van der Waals surface area contributed by atoms with Crippen molar-refractivity contribution in [2.75, 3.05) is 0 Å². The second-order valence-electron chi connectivity index (χ2n) is 3.82.